The van der Waals surface area contributed by atoms with Crippen molar-refractivity contribution < 1.29 is 14.3 Å². The number of para-hydroxylation sites is 3. The molecule has 1 aromatic heterocycles. The molecule has 0 spiro atoms. The molecule has 38 heavy (non-hydrogen) atoms. The first kappa shape index (κ1) is 25.9. The quantitative estimate of drug-likeness (QED) is 0.290. The first-order chi connectivity index (χ1) is 18.3. The van der Waals surface area contributed by atoms with E-state index in [2.05, 4.69) is 46.4 Å². The van der Waals surface area contributed by atoms with Crippen molar-refractivity contribution in [1.29, 1.82) is 0 Å². The van der Waals surface area contributed by atoms with Gasteiger partial charge in [-0.15, -0.1) is 0 Å². The number of hydrogen-bond donors (Lipinski definition) is 2. The maximum atomic E-state index is 13.5. The lowest BCUT2D eigenvalue weighted by molar-refractivity contribution is -0.126. The molecule has 0 saturated carbocycles. The van der Waals surface area contributed by atoms with Gasteiger partial charge in [0.2, 0.25) is 5.91 Å². The van der Waals surface area contributed by atoms with Gasteiger partial charge in [0.15, 0.2) is 11.5 Å². The summed E-state index contributed by atoms with van der Waals surface area (Å²) in [6.07, 6.45) is 1.87. The van der Waals surface area contributed by atoms with Crippen molar-refractivity contribution in [3.05, 3.63) is 89.6 Å². The van der Waals surface area contributed by atoms with Gasteiger partial charge in [0.05, 0.1) is 12.5 Å². The molecule has 0 unspecified atom stereocenters. The standard InChI is InChI=1S/C32H37N3O3/c1-22-30(26-12-5-6-13-27(26)33-22)32(2,3)31(36)34-24-16-18-35(19-17-24)21-23-10-9-11-25(20-23)38-29-15-8-7-14-28(29)37-4/h5-15,20,24,33H,16-19,21H2,1-4H3,(H,34,36). The average molecular weight is 512 g/mol. The number of fused-ring (bicyclic) bond motifs is 1. The molecule has 2 heterocycles. The van der Waals surface area contributed by atoms with Gasteiger partial charge in [-0.1, -0.05) is 42.5 Å². The van der Waals surface area contributed by atoms with Crippen molar-refractivity contribution in [2.45, 2.75) is 51.6 Å². The van der Waals surface area contributed by atoms with Crippen LogP contribution in [0.15, 0.2) is 72.8 Å². The monoisotopic (exact) mass is 511 g/mol. The molecule has 0 aliphatic carbocycles. The Morgan fingerprint density at radius 1 is 1.00 bits per heavy atom. The van der Waals surface area contributed by atoms with Crippen molar-refractivity contribution in [2.24, 2.45) is 0 Å². The fourth-order valence-corrected chi connectivity index (χ4v) is 5.59. The number of nitrogens with zero attached hydrogens (tertiary/aromatic N) is 1. The Morgan fingerprint density at radius 2 is 1.71 bits per heavy atom. The number of amides is 1. The van der Waals surface area contributed by atoms with Crippen LogP contribution in [0.3, 0.4) is 0 Å². The second-order valence-corrected chi connectivity index (χ2v) is 10.7. The minimum atomic E-state index is -0.622. The van der Waals surface area contributed by atoms with Gasteiger partial charge in [-0.3, -0.25) is 9.69 Å². The number of rotatable bonds is 8. The van der Waals surface area contributed by atoms with Crippen LogP contribution in [-0.2, 0) is 16.8 Å². The third-order valence-corrected chi connectivity index (χ3v) is 7.61. The number of hydrogen-bond acceptors (Lipinski definition) is 4. The van der Waals surface area contributed by atoms with E-state index in [1.807, 2.05) is 62.4 Å². The van der Waals surface area contributed by atoms with Crippen LogP contribution in [0.25, 0.3) is 10.9 Å². The van der Waals surface area contributed by atoms with Gasteiger partial charge >= 0.3 is 0 Å². The van der Waals surface area contributed by atoms with Crippen LogP contribution in [-0.4, -0.2) is 42.0 Å². The number of ether oxygens (including phenoxy) is 2. The van der Waals surface area contributed by atoms with Crippen LogP contribution in [0.5, 0.6) is 17.2 Å². The number of nitrogens with one attached hydrogen (secondary N) is 2. The maximum Gasteiger partial charge on any atom is 0.230 e. The number of carbonyl (C=O) groups is 1. The minimum Gasteiger partial charge on any atom is -0.493 e. The molecule has 2 N–H and O–H groups in total. The number of aromatic amines is 1. The highest BCUT2D eigenvalue weighted by atomic mass is 16.5. The van der Waals surface area contributed by atoms with Gasteiger partial charge in [0.25, 0.3) is 0 Å². The lowest BCUT2D eigenvalue weighted by atomic mass is 9.81. The predicted molar refractivity (Wildman–Crippen MR) is 152 cm³/mol. The van der Waals surface area contributed by atoms with E-state index in [1.54, 1.807) is 7.11 Å². The van der Waals surface area contributed by atoms with E-state index in [1.165, 1.54) is 5.56 Å². The van der Waals surface area contributed by atoms with Gasteiger partial charge in [0.1, 0.15) is 5.75 Å². The van der Waals surface area contributed by atoms with Crippen molar-refractivity contribution in [3.8, 4) is 17.2 Å². The Bertz CT molecular complexity index is 1420. The maximum absolute atomic E-state index is 13.5. The smallest absolute Gasteiger partial charge is 0.230 e. The number of H-pyrrole nitrogens is 1. The number of piperidine rings is 1. The second-order valence-electron chi connectivity index (χ2n) is 10.7. The first-order valence-electron chi connectivity index (χ1n) is 13.4. The number of benzene rings is 3. The normalized spacial score (nSPS) is 14.9. The van der Waals surface area contributed by atoms with E-state index in [-0.39, 0.29) is 11.9 Å². The van der Waals surface area contributed by atoms with Crippen LogP contribution in [0.2, 0.25) is 0 Å². The number of methoxy groups -OCH3 is 1. The SMILES string of the molecule is COc1ccccc1Oc1cccc(CN2CCC(NC(=O)C(C)(C)c3c(C)[nH]c4ccccc34)CC2)c1. The first-order valence-corrected chi connectivity index (χ1v) is 13.4. The van der Waals surface area contributed by atoms with Gasteiger partial charge in [-0.05, 0) is 75.1 Å². The second kappa shape index (κ2) is 10.9. The Balaban J connectivity index is 1.17. The molecule has 198 valence electrons. The molecule has 5 rings (SSSR count). The number of aromatic nitrogens is 1. The van der Waals surface area contributed by atoms with E-state index >= 15 is 0 Å². The summed E-state index contributed by atoms with van der Waals surface area (Å²) in [7, 11) is 1.65. The van der Waals surface area contributed by atoms with Crippen LogP contribution < -0.4 is 14.8 Å². The molecule has 0 radical (unpaired) electrons. The molecule has 6 nitrogen and oxygen atoms in total. The van der Waals surface area contributed by atoms with E-state index in [0.717, 1.165) is 60.4 Å². The summed E-state index contributed by atoms with van der Waals surface area (Å²) in [6, 6.07) is 24.3. The summed E-state index contributed by atoms with van der Waals surface area (Å²) in [5.74, 6) is 2.30. The number of aryl methyl sites for hydroxylation is 1. The van der Waals surface area contributed by atoms with Gasteiger partial charge < -0.3 is 19.8 Å². The minimum absolute atomic E-state index is 0.0880. The Morgan fingerprint density at radius 3 is 2.47 bits per heavy atom. The van der Waals surface area contributed by atoms with Gasteiger partial charge in [-0.25, -0.2) is 0 Å². The van der Waals surface area contributed by atoms with E-state index in [9.17, 15) is 4.79 Å². The van der Waals surface area contributed by atoms with Crippen LogP contribution in [0.1, 0.15) is 43.5 Å². The summed E-state index contributed by atoms with van der Waals surface area (Å²) in [6.45, 7) is 8.84. The topological polar surface area (TPSA) is 66.6 Å². The van der Waals surface area contributed by atoms with E-state index in [4.69, 9.17) is 9.47 Å². The fourth-order valence-electron chi connectivity index (χ4n) is 5.59. The predicted octanol–water partition coefficient (Wildman–Crippen LogP) is 6.34. The summed E-state index contributed by atoms with van der Waals surface area (Å²) in [5, 5.41) is 4.48. The summed E-state index contributed by atoms with van der Waals surface area (Å²) in [5.41, 5.74) is 3.79. The summed E-state index contributed by atoms with van der Waals surface area (Å²) >= 11 is 0. The van der Waals surface area contributed by atoms with Crippen molar-refractivity contribution in [2.75, 3.05) is 20.2 Å². The highest BCUT2D eigenvalue weighted by Crippen LogP contribution is 2.34. The Hall–Kier alpha value is -3.77. The zero-order chi connectivity index (χ0) is 26.7. The van der Waals surface area contributed by atoms with Crippen molar-refractivity contribution >= 4 is 16.8 Å². The summed E-state index contributed by atoms with van der Waals surface area (Å²) in [4.78, 5) is 19.4. The number of carbonyl (C=O) groups excluding carboxylic acids is 1. The van der Waals surface area contributed by atoms with Crippen molar-refractivity contribution in [3.63, 3.8) is 0 Å². The van der Waals surface area contributed by atoms with Crippen LogP contribution >= 0.6 is 0 Å². The molecule has 0 atom stereocenters. The Kier molecular flexibility index (Phi) is 7.43. The van der Waals surface area contributed by atoms with E-state index < -0.39 is 5.41 Å². The molecule has 0 bridgehead atoms. The zero-order valence-corrected chi connectivity index (χ0v) is 22.7. The Labute approximate surface area is 225 Å². The van der Waals surface area contributed by atoms with E-state index in [0.29, 0.717) is 11.5 Å². The molecule has 1 saturated heterocycles. The van der Waals surface area contributed by atoms with Crippen LogP contribution in [0.4, 0.5) is 0 Å². The van der Waals surface area contributed by atoms with Gasteiger partial charge in [-0.2, -0.15) is 0 Å². The molecular formula is C32H37N3O3. The average Bonchev–Trinajstić information content (AvgIpc) is 3.26. The molecule has 4 aromatic rings. The molecular weight excluding hydrogens is 474 g/mol. The highest BCUT2D eigenvalue weighted by Gasteiger charge is 2.35. The molecule has 1 aliphatic rings. The van der Waals surface area contributed by atoms with Crippen molar-refractivity contribution in [1.82, 2.24) is 15.2 Å². The van der Waals surface area contributed by atoms with Gasteiger partial charge in [0, 0.05) is 42.3 Å². The lowest BCUT2D eigenvalue weighted by Crippen LogP contribution is -2.49. The molecule has 1 amide bonds. The molecule has 1 fully saturated rings. The van der Waals surface area contributed by atoms with Crippen LogP contribution in [0, 0.1) is 6.92 Å². The molecule has 6 heteroatoms. The zero-order valence-electron chi connectivity index (χ0n) is 22.7. The molecule has 3 aromatic carbocycles. The largest absolute Gasteiger partial charge is 0.493 e. The fraction of sp³-hybridized carbons (Fsp3) is 0.344. The summed E-state index contributed by atoms with van der Waals surface area (Å²) < 4.78 is 11.5. The lowest BCUT2D eigenvalue weighted by Gasteiger charge is -2.34. The third-order valence-electron chi connectivity index (χ3n) is 7.61. The third kappa shape index (κ3) is 5.41. The number of likely N-dealkylation sites (tertiary alicyclic amines) is 1. The molecule has 1 aliphatic heterocycles. The highest BCUT2D eigenvalue weighted by molar-refractivity contribution is 5.95.